The van der Waals surface area contributed by atoms with Crippen LogP contribution in [0.4, 0.5) is 5.69 Å². The maximum absolute atomic E-state index is 12.7. The zero-order valence-electron chi connectivity index (χ0n) is 13.4. The van der Waals surface area contributed by atoms with Gasteiger partial charge in [-0.15, -0.1) is 0 Å². The van der Waals surface area contributed by atoms with Crippen molar-refractivity contribution < 1.29 is 19.0 Å². The van der Waals surface area contributed by atoms with Gasteiger partial charge in [-0.05, 0) is 36.4 Å². The summed E-state index contributed by atoms with van der Waals surface area (Å²) >= 11 is 0. The van der Waals surface area contributed by atoms with Crippen molar-refractivity contribution in [2.24, 2.45) is 0 Å². The molecule has 0 saturated heterocycles. The lowest BCUT2D eigenvalue weighted by Crippen LogP contribution is -2.14. The summed E-state index contributed by atoms with van der Waals surface area (Å²) in [6.45, 7) is 0. The number of benzene rings is 2. The summed E-state index contributed by atoms with van der Waals surface area (Å²) in [4.78, 5) is 16.6. The number of nitrogens with zero attached hydrogens (tertiary/aromatic N) is 1. The normalized spacial score (nSPS) is 11.4. The molecule has 0 unspecified atom stereocenters. The van der Waals surface area contributed by atoms with Gasteiger partial charge in [0.05, 0.1) is 12.7 Å². The SMILES string of the molecule is COc1ccc(C(=O)Nc2ccncc2)c2c1Oc1ccccc1O2. The summed E-state index contributed by atoms with van der Waals surface area (Å²) in [5, 5.41) is 2.81. The number of hydrogen-bond donors (Lipinski definition) is 1. The first-order chi connectivity index (χ1) is 12.3. The van der Waals surface area contributed by atoms with Crippen LogP contribution in [0.25, 0.3) is 0 Å². The third-order valence-electron chi connectivity index (χ3n) is 3.75. The van der Waals surface area contributed by atoms with Gasteiger partial charge in [0.15, 0.2) is 23.0 Å². The second-order valence-corrected chi connectivity index (χ2v) is 5.31. The van der Waals surface area contributed by atoms with Gasteiger partial charge in [-0.25, -0.2) is 0 Å². The van der Waals surface area contributed by atoms with Crippen LogP contribution in [0.5, 0.6) is 28.7 Å². The van der Waals surface area contributed by atoms with Gasteiger partial charge in [-0.1, -0.05) is 12.1 Å². The molecule has 1 aliphatic rings. The molecule has 2 heterocycles. The molecule has 124 valence electrons. The number of carbonyl (C=O) groups is 1. The fourth-order valence-corrected chi connectivity index (χ4v) is 2.55. The molecule has 2 aromatic carbocycles. The van der Waals surface area contributed by atoms with Crippen molar-refractivity contribution in [1.29, 1.82) is 0 Å². The van der Waals surface area contributed by atoms with Crippen LogP contribution in [-0.2, 0) is 0 Å². The van der Waals surface area contributed by atoms with Crippen LogP contribution in [0.2, 0.25) is 0 Å². The largest absolute Gasteiger partial charge is 0.493 e. The minimum absolute atomic E-state index is 0.312. The average molecular weight is 334 g/mol. The molecule has 0 spiro atoms. The molecule has 4 rings (SSSR count). The summed E-state index contributed by atoms with van der Waals surface area (Å²) in [7, 11) is 1.54. The predicted octanol–water partition coefficient (Wildman–Crippen LogP) is 4.24. The fourth-order valence-electron chi connectivity index (χ4n) is 2.55. The number of carbonyl (C=O) groups excluding carboxylic acids is 1. The quantitative estimate of drug-likeness (QED) is 0.607. The number of anilines is 1. The monoisotopic (exact) mass is 334 g/mol. The second kappa shape index (κ2) is 6.16. The highest BCUT2D eigenvalue weighted by Crippen LogP contribution is 2.51. The van der Waals surface area contributed by atoms with Gasteiger partial charge < -0.3 is 19.5 Å². The maximum atomic E-state index is 12.7. The van der Waals surface area contributed by atoms with Crippen LogP contribution in [0.3, 0.4) is 0 Å². The molecule has 0 bridgehead atoms. The number of methoxy groups -OCH3 is 1. The fraction of sp³-hybridized carbons (Fsp3) is 0.0526. The Bertz CT molecular complexity index is 941. The Morgan fingerprint density at radius 1 is 0.960 bits per heavy atom. The molecule has 6 nitrogen and oxygen atoms in total. The first-order valence-corrected chi connectivity index (χ1v) is 7.63. The second-order valence-electron chi connectivity index (χ2n) is 5.31. The predicted molar refractivity (Wildman–Crippen MR) is 91.8 cm³/mol. The Morgan fingerprint density at radius 3 is 2.32 bits per heavy atom. The van der Waals surface area contributed by atoms with Crippen LogP contribution < -0.4 is 19.5 Å². The first kappa shape index (κ1) is 15.0. The van der Waals surface area contributed by atoms with E-state index in [9.17, 15) is 4.79 Å². The van der Waals surface area contributed by atoms with E-state index in [0.717, 1.165) is 0 Å². The van der Waals surface area contributed by atoms with Crippen LogP contribution in [-0.4, -0.2) is 18.0 Å². The number of nitrogens with one attached hydrogen (secondary N) is 1. The number of amides is 1. The number of ether oxygens (including phenoxy) is 3. The molecule has 0 atom stereocenters. The summed E-state index contributed by atoms with van der Waals surface area (Å²) in [5.74, 6) is 1.99. The zero-order valence-corrected chi connectivity index (χ0v) is 13.4. The molecular formula is C19H14N2O4. The van der Waals surface area contributed by atoms with Gasteiger partial charge in [-0.3, -0.25) is 9.78 Å². The van der Waals surface area contributed by atoms with Crippen molar-refractivity contribution in [3.05, 3.63) is 66.5 Å². The molecule has 0 saturated carbocycles. The smallest absolute Gasteiger partial charge is 0.259 e. The van der Waals surface area contributed by atoms with Crippen LogP contribution in [0.15, 0.2) is 60.9 Å². The average Bonchev–Trinajstić information content (AvgIpc) is 2.66. The Balaban J connectivity index is 1.74. The van der Waals surface area contributed by atoms with Crippen molar-refractivity contribution in [2.45, 2.75) is 0 Å². The molecule has 1 N–H and O–H groups in total. The lowest BCUT2D eigenvalue weighted by atomic mass is 10.1. The van der Waals surface area contributed by atoms with Crippen LogP contribution >= 0.6 is 0 Å². The number of aromatic nitrogens is 1. The van der Waals surface area contributed by atoms with E-state index in [1.165, 1.54) is 7.11 Å². The van der Waals surface area contributed by atoms with Gasteiger partial charge in [0, 0.05) is 18.1 Å². The first-order valence-electron chi connectivity index (χ1n) is 7.63. The Morgan fingerprint density at radius 2 is 1.64 bits per heavy atom. The molecule has 3 aromatic rings. The Hall–Kier alpha value is -3.54. The molecule has 6 heteroatoms. The van der Waals surface area contributed by atoms with Crippen molar-refractivity contribution in [1.82, 2.24) is 4.98 Å². The topological polar surface area (TPSA) is 69.7 Å². The lowest BCUT2D eigenvalue weighted by Gasteiger charge is -2.23. The van der Waals surface area contributed by atoms with E-state index in [1.54, 1.807) is 48.8 Å². The molecular weight excluding hydrogens is 320 g/mol. The van der Waals surface area contributed by atoms with Gasteiger partial charge in [-0.2, -0.15) is 0 Å². The van der Waals surface area contributed by atoms with Gasteiger partial charge >= 0.3 is 0 Å². The van der Waals surface area contributed by atoms with Crippen LogP contribution in [0, 0.1) is 0 Å². The van der Waals surface area contributed by atoms with Crippen molar-refractivity contribution in [2.75, 3.05) is 12.4 Å². The number of pyridine rings is 1. The standard InChI is InChI=1S/C19H14N2O4/c1-23-16-7-6-13(19(22)21-12-8-10-20-11-9-12)17-18(16)25-15-5-3-2-4-14(15)24-17/h2-11H,1H3,(H,20,21,22). The highest BCUT2D eigenvalue weighted by atomic mass is 16.6. The molecule has 1 aliphatic heterocycles. The summed E-state index contributed by atoms with van der Waals surface area (Å²) in [6.07, 6.45) is 3.21. The lowest BCUT2D eigenvalue weighted by molar-refractivity contribution is 0.102. The van der Waals surface area contributed by atoms with Gasteiger partial charge in [0.25, 0.3) is 5.91 Å². The van der Waals surface area contributed by atoms with Crippen molar-refractivity contribution in [3.8, 4) is 28.7 Å². The number of fused-ring (bicyclic) bond motifs is 2. The third-order valence-corrected chi connectivity index (χ3v) is 3.75. The van der Waals surface area contributed by atoms with Crippen molar-refractivity contribution >= 4 is 11.6 Å². The molecule has 1 amide bonds. The zero-order chi connectivity index (χ0) is 17.2. The Kier molecular flexibility index (Phi) is 3.70. The number of rotatable bonds is 3. The summed E-state index contributed by atoms with van der Waals surface area (Å²) in [5.41, 5.74) is 0.990. The number of hydrogen-bond acceptors (Lipinski definition) is 5. The highest BCUT2D eigenvalue weighted by Gasteiger charge is 2.28. The molecule has 0 fully saturated rings. The summed E-state index contributed by atoms with van der Waals surface area (Å²) < 4.78 is 17.2. The van der Waals surface area contributed by atoms with Crippen LogP contribution in [0.1, 0.15) is 10.4 Å². The maximum Gasteiger partial charge on any atom is 0.259 e. The van der Waals surface area contributed by atoms with E-state index in [1.807, 2.05) is 12.1 Å². The molecule has 0 aliphatic carbocycles. The highest BCUT2D eigenvalue weighted by molar-refractivity contribution is 6.07. The third kappa shape index (κ3) is 2.74. The molecule has 25 heavy (non-hydrogen) atoms. The number of para-hydroxylation sites is 2. The molecule has 0 radical (unpaired) electrons. The van der Waals surface area contributed by atoms with E-state index in [0.29, 0.717) is 40.0 Å². The minimum Gasteiger partial charge on any atom is -0.493 e. The summed E-state index contributed by atoms with van der Waals surface area (Å²) in [6, 6.07) is 14.0. The molecule has 1 aromatic heterocycles. The van der Waals surface area contributed by atoms with E-state index in [2.05, 4.69) is 10.3 Å². The Labute approximate surface area is 144 Å². The van der Waals surface area contributed by atoms with E-state index >= 15 is 0 Å². The van der Waals surface area contributed by atoms with E-state index in [-0.39, 0.29) is 5.91 Å². The van der Waals surface area contributed by atoms with E-state index < -0.39 is 0 Å². The minimum atomic E-state index is -0.312. The van der Waals surface area contributed by atoms with Crippen molar-refractivity contribution in [3.63, 3.8) is 0 Å². The van der Waals surface area contributed by atoms with Gasteiger partial charge in [0.2, 0.25) is 5.75 Å². The van der Waals surface area contributed by atoms with E-state index in [4.69, 9.17) is 14.2 Å². The van der Waals surface area contributed by atoms with Gasteiger partial charge in [0.1, 0.15) is 0 Å².